The zero-order chi connectivity index (χ0) is 28.7. The van der Waals surface area contributed by atoms with Gasteiger partial charge in [-0.05, 0) is 53.3 Å². The Bertz CT molecular complexity index is 1530. The number of nitrogens with zero attached hydrogens (tertiary/aromatic N) is 3. The van der Waals surface area contributed by atoms with Crippen LogP contribution in [0.15, 0.2) is 71.7 Å². The zero-order valence-corrected chi connectivity index (χ0v) is 25.0. The topological polar surface area (TPSA) is 190 Å². The fourth-order valence-corrected chi connectivity index (χ4v) is 6.08. The van der Waals surface area contributed by atoms with Crippen LogP contribution in [-0.2, 0) is 32.7 Å². The van der Waals surface area contributed by atoms with E-state index in [0.717, 1.165) is 21.0 Å². The quantitative estimate of drug-likeness (QED) is 0.208. The molecule has 3 aromatic heterocycles. The average molecular weight is 619 g/mol. The summed E-state index contributed by atoms with van der Waals surface area (Å²) in [6, 6.07) is 12.2. The van der Waals surface area contributed by atoms with Gasteiger partial charge in [0.1, 0.15) is 11.0 Å². The molecule has 0 unspecified atom stereocenters. The van der Waals surface area contributed by atoms with Gasteiger partial charge >= 0.3 is 6.09 Å². The third-order valence-electron chi connectivity index (χ3n) is 5.98. The number of amides is 2. The van der Waals surface area contributed by atoms with Crippen molar-refractivity contribution in [2.24, 2.45) is 0 Å². The van der Waals surface area contributed by atoms with E-state index in [2.05, 4.69) is 10.3 Å². The molecule has 12 nitrogen and oxygen atoms in total. The lowest BCUT2D eigenvalue weighted by molar-refractivity contribution is -0.126. The summed E-state index contributed by atoms with van der Waals surface area (Å²) in [5.74, 6) is -0.406. The van der Waals surface area contributed by atoms with Crippen LogP contribution >= 0.6 is 22.7 Å². The number of thiazole rings is 1. The smallest absolute Gasteiger partial charge is 0.409 e. The molecule has 3 heterocycles. The number of pyridine rings is 1. The van der Waals surface area contributed by atoms with E-state index < -0.39 is 34.4 Å². The summed E-state index contributed by atoms with van der Waals surface area (Å²) in [5, 5.41) is 7.70. The van der Waals surface area contributed by atoms with Crippen molar-refractivity contribution in [3.05, 3.63) is 88.5 Å². The Morgan fingerprint density at radius 2 is 1.73 bits per heavy atom. The highest BCUT2D eigenvalue weighted by Crippen LogP contribution is 2.31. The molecule has 15 heteroatoms. The van der Waals surface area contributed by atoms with Crippen LogP contribution in [0.25, 0.3) is 9.88 Å². The lowest BCUT2D eigenvalue weighted by Gasteiger charge is -2.28. The number of rotatable bonds is 11. The van der Waals surface area contributed by atoms with Gasteiger partial charge in [-0.2, -0.15) is 0 Å². The van der Waals surface area contributed by atoms with Crippen molar-refractivity contribution in [2.75, 3.05) is 18.9 Å². The first-order chi connectivity index (χ1) is 19.1. The third kappa shape index (κ3) is 8.80. The maximum Gasteiger partial charge on any atom is 0.409 e. The number of benzene rings is 1. The monoisotopic (exact) mass is 618 g/mol. The SMILES string of the molecule is COC(=O)N(C)[C@@H](Cc1ccncc1)C(=O)N[C@@H](Cc1ccc(NS(=O)(=O)[O-])cc1)c1csc(-c2cccs2)n1.[NH4+]. The maximum absolute atomic E-state index is 13.7. The number of carbonyl (C=O) groups excluding carboxylic acids is 2. The lowest BCUT2D eigenvalue weighted by atomic mass is 10.0. The number of hydrogen-bond acceptors (Lipinski definition) is 10. The molecule has 0 saturated heterocycles. The molecular weight excluding hydrogens is 589 g/mol. The molecule has 2 amide bonds. The van der Waals surface area contributed by atoms with Crippen LogP contribution in [-0.4, -0.2) is 60.0 Å². The number of quaternary nitrogens is 1. The summed E-state index contributed by atoms with van der Waals surface area (Å²) in [6.45, 7) is 0. The van der Waals surface area contributed by atoms with E-state index in [4.69, 9.17) is 9.72 Å². The molecule has 0 radical (unpaired) electrons. The fourth-order valence-electron chi connectivity index (χ4n) is 3.96. The van der Waals surface area contributed by atoms with Gasteiger partial charge in [-0.1, -0.05) is 18.2 Å². The third-order valence-corrected chi connectivity index (χ3v) is 8.36. The first-order valence-electron chi connectivity index (χ1n) is 11.9. The molecule has 6 N–H and O–H groups in total. The highest BCUT2D eigenvalue weighted by Gasteiger charge is 2.30. The predicted molar refractivity (Wildman–Crippen MR) is 158 cm³/mol. The van der Waals surface area contributed by atoms with Gasteiger partial charge in [-0.25, -0.2) is 18.2 Å². The Balaban J connectivity index is 0.00000462. The van der Waals surface area contributed by atoms with E-state index in [1.165, 1.54) is 42.5 Å². The molecule has 4 aromatic rings. The number of ether oxygens (including phenoxy) is 1. The normalized spacial score (nSPS) is 12.5. The summed E-state index contributed by atoms with van der Waals surface area (Å²) in [4.78, 5) is 37.1. The zero-order valence-electron chi connectivity index (χ0n) is 22.5. The fraction of sp³-hybridized carbons (Fsp3) is 0.231. The van der Waals surface area contributed by atoms with Crippen molar-refractivity contribution in [3.8, 4) is 9.88 Å². The van der Waals surface area contributed by atoms with Gasteiger partial charge in [0.05, 0.1) is 23.7 Å². The van der Waals surface area contributed by atoms with Gasteiger partial charge < -0.3 is 20.8 Å². The van der Waals surface area contributed by atoms with Crippen molar-refractivity contribution in [3.63, 3.8) is 0 Å². The van der Waals surface area contributed by atoms with Gasteiger partial charge in [0, 0.05) is 36.9 Å². The molecule has 0 aliphatic rings. The Morgan fingerprint density at radius 3 is 2.34 bits per heavy atom. The second-order valence-corrected chi connectivity index (χ2v) is 11.6. The van der Waals surface area contributed by atoms with Gasteiger partial charge in [-0.3, -0.25) is 19.4 Å². The van der Waals surface area contributed by atoms with Crippen molar-refractivity contribution < 1.29 is 27.3 Å². The molecule has 0 aliphatic carbocycles. The second kappa shape index (κ2) is 14.1. The Morgan fingerprint density at radius 1 is 1.05 bits per heavy atom. The number of aromatic nitrogens is 2. The standard InChI is InChI=1S/C26H27N5O6S3.H3N/c1-31(26(33)37-2)22(15-18-9-11-27-12-10-18)24(32)28-20(21-16-39-25(29-21)23-4-3-13-38-23)14-17-5-7-19(8-6-17)30-40(34,35)36;/h3-13,16,20,22,30H,14-15H2,1-2H3,(H,28,32)(H,34,35,36);1H3/t20-,22-;/m0./s1. The molecule has 2 atom stereocenters. The molecule has 0 saturated carbocycles. The number of anilines is 1. The van der Waals surface area contributed by atoms with Crippen LogP contribution < -0.4 is 16.2 Å². The lowest BCUT2D eigenvalue weighted by Crippen LogP contribution is -2.50. The van der Waals surface area contributed by atoms with Crippen LogP contribution in [0.1, 0.15) is 22.9 Å². The van der Waals surface area contributed by atoms with E-state index >= 15 is 0 Å². The largest absolute Gasteiger partial charge is 0.731 e. The molecule has 0 aliphatic heterocycles. The number of methoxy groups -OCH3 is 1. The van der Waals surface area contributed by atoms with E-state index in [1.54, 1.807) is 48.0 Å². The van der Waals surface area contributed by atoms with Crippen LogP contribution in [0.4, 0.5) is 10.5 Å². The Kier molecular flexibility index (Phi) is 10.9. The minimum absolute atomic E-state index is 0. The average Bonchev–Trinajstić information content (AvgIpc) is 3.64. The summed E-state index contributed by atoms with van der Waals surface area (Å²) < 4.78 is 39.8. The van der Waals surface area contributed by atoms with Gasteiger partial charge in [0.25, 0.3) is 0 Å². The number of hydrogen-bond donors (Lipinski definition) is 3. The van der Waals surface area contributed by atoms with Crippen LogP contribution in [0.2, 0.25) is 0 Å². The number of likely N-dealkylation sites (N-methyl/N-ethyl adjacent to an activating group) is 1. The number of nitrogens with one attached hydrogen (secondary N) is 2. The Labute approximate surface area is 245 Å². The molecule has 41 heavy (non-hydrogen) atoms. The van der Waals surface area contributed by atoms with Crippen LogP contribution in [0.5, 0.6) is 0 Å². The molecule has 4 rings (SSSR count). The number of thiophene rings is 1. The van der Waals surface area contributed by atoms with Crippen molar-refractivity contribution >= 4 is 50.7 Å². The first-order valence-corrected chi connectivity index (χ1v) is 15.1. The summed E-state index contributed by atoms with van der Waals surface area (Å²) in [5.41, 5.74) is 2.34. The minimum atomic E-state index is -4.65. The molecule has 218 valence electrons. The molecule has 0 spiro atoms. The van der Waals surface area contributed by atoms with Crippen molar-refractivity contribution in [2.45, 2.75) is 24.9 Å². The summed E-state index contributed by atoms with van der Waals surface area (Å²) in [7, 11) is -1.90. The van der Waals surface area contributed by atoms with Crippen LogP contribution in [0, 0.1) is 0 Å². The van der Waals surface area contributed by atoms with Gasteiger partial charge in [-0.15, -0.1) is 22.7 Å². The summed E-state index contributed by atoms with van der Waals surface area (Å²) in [6.07, 6.45) is 3.12. The second-order valence-electron chi connectivity index (χ2n) is 8.73. The van der Waals surface area contributed by atoms with E-state index in [1.807, 2.05) is 27.6 Å². The highest BCUT2D eigenvalue weighted by molar-refractivity contribution is 7.87. The van der Waals surface area contributed by atoms with Gasteiger partial charge in [0.15, 0.2) is 10.3 Å². The Hall–Kier alpha value is -3.89. The van der Waals surface area contributed by atoms with Crippen LogP contribution in [0.3, 0.4) is 0 Å². The molecule has 1 aromatic carbocycles. The van der Waals surface area contributed by atoms with Gasteiger partial charge in [0.2, 0.25) is 5.91 Å². The van der Waals surface area contributed by atoms with E-state index in [-0.39, 0.29) is 18.3 Å². The van der Waals surface area contributed by atoms with E-state index in [0.29, 0.717) is 12.1 Å². The molecule has 0 bridgehead atoms. The molecular formula is C26H30N6O6S3. The predicted octanol–water partition coefficient (Wildman–Crippen LogP) is 4.22. The first kappa shape index (κ1) is 31.6. The highest BCUT2D eigenvalue weighted by atomic mass is 32.2. The minimum Gasteiger partial charge on any atom is -0.731 e. The van der Waals surface area contributed by atoms with Crippen molar-refractivity contribution in [1.82, 2.24) is 26.3 Å². The van der Waals surface area contributed by atoms with Crippen molar-refractivity contribution in [1.29, 1.82) is 0 Å². The molecule has 0 fully saturated rings. The summed E-state index contributed by atoms with van der Waals surface area (Å²) >= 11 is 3.01. The van der Waals surface area contributed by atoms with E-state index in [9.17, 15) is 22.6 Å². The maximum atomic E-state index is 13.7. The number of carbonyl (C=O) groups is 2.